The Morgan fingerprint density at radius 2 is 2.10 bits per heavy atom. The van der Waals surface area contributed by atoms with Gasteiger partial charge in [0.2, 0.25) is 0 Å². The van der Waals surface area contributed by atoms with Crippen LogP contribution >= 0.6 is 0 Å². The first kappa shape index (κ1) is 15.7. The Hall–Kier alpha value is -1.66. The van der Waals surface area contributed by atoms with E-state index in [9.17, 15) is 15.0 Å². The molecule has 3 rings (SSSR count). The molecule has 0 bridgehead atoms. The summed E-state index contributed by atoms with van der Waals surface area (Å²) < 4.78 is 5.17. The van der Waals surface area contributed by atoms with Crippen LogP contribution in [-0.2, 0) is 0 Å². The maximum absolute atomic E-state index is 10.8. The first-order valence-corrected chi connectivity index (χ1v) is 5.98. The van der Waals surface area contributed by atoms with Crippen LogP contribution in [0.3, 0.4) is 0 Å². The Morgan fingerprint density at radius 1 is 1.29 bits per heavy atom. The molecule has 21 heavy (non-hydrogen) atoms. The van der Waals surface area contributed by atoms with E-state index in [1.54, 1.807) is 42.7 Å². The fourth-order valence-electron chi connectivity index (χ4n) is 2.14. The van der Waals surface area contributed by atoms with Crippen LogP contribution < -0.4 is 34.7 Å². The molecule has 2 aromatic heterocycles. The Bertz CT molecular complexity index is 770. The molecule has 0 amide bonds. The third-order valence-electron chi connectivity index (χ3n) is 3.09. The summed E-state index contributed by atoms with van der Waals surface area (Å²) in [5.74, 6) is -1.64. The maximum atomic E-state index is 10.8. The second kappa shape index (κ2) is 6.41. The first-order chi connectivity index (χ1) is 9.66. The number of nitrogens with zero attached hydrogens (tertiary/aromatic N) is 1. The SMILES string of the molecule is O=C([O-])c1cc2c(C(O)c3cccnc3)cccc2o1.[Na+]. The molecule has 100 valence electrons. The number of furan rings is 1. The number of carboxylic acid groups (broad SMARTS) is 1. The maximum Gasteiger partial charge on any atom is 1.00 e. The number of carbonyl (C=O) groups is 1. The van der Waals surface area contributed by atoms with E-state index in [-0.39, 0.29) is 35.3 Å². The minimum atomic E-state index is -1.39. The summed E-state index contributed by atoms with van der Waals surface area (Å²) in [7, 11) is 0. The van der Waals surface area contributed by atoms with E-state index in [1.165, 1.54) is 6.07 Å². The monoisotopic (exact) mass is 291 g/mol. The summed E-state index contributed by atoms with van der Waals surface area (Å²) in [5.41, 5.74) is 1.58. The smallest absolute Gasteiger partial charge is 0.542 e. The van der Waals surface area contributed by atoms with Crippen LogP contribution in [0.1, 0.15) is 27.8 Å². The second-order valence-electron chi connectivity index (χ2n) is 4.35. The molecule has 1 atom stereocenters. The van der Waals surface area contributed by atoms with Gasteiger partial charge < -0.3 is 19.4 Å². The van der Waals surface area contributed by atoms with Crippen LogP contribution in [0.2, 0.25) is 0 Å². The quantitative estimate of drug-likeness (QED) is 0.580. The summed E-state index contributed by atoms with van der Waals surface area (Å²) >= 11 is 0. The summed E-state index contributed by atoms with van der Waals surface area (Å²) in [6, 6.07) is 9.88. The van der Waals surface area contributed by atoms with Crippen LogP contribution in [0.25, 0.3) is 11.0 Å². The second-order valence-corrected chi connectivity index (χ2v) is 4.35. The van der Waals surface area contributed by atoms with Crippen molar-refractivity contribution < 1.29 is 49.0 Å². The van der Waals surface area contributed by atoms with Gasteiger partial charge in [0.15, 0.2) is 5.76 Å². The van der Waals surface area contributed by atoms with E-state index in [2.05, 4.69) is 4.98 Å². The molecule has 0 fully saturated rings. The molecule has 0 aliphatic carbocycles. The van der Waals surface area contributed by atoms with Crippen LogP contribution in [0, 0.1) is 0 Å². The Balaban J connectivity index is 0.00000161. The molecule has 0 aliphatic rings. The first-order valence-electron chi connectivity index (χ1n) is 5.98. The number of fused-ring (bicyclic) bond motifs is 1. The molecule has 1 aromatic carbocycles. The minimum absolute atomic E-state index is 0. The van der Waals surface area contributed by atoms with Gasteiger partial charge in [0, 0.05) is 23.3 Å². The number of aromatic carboxylic acids is 1. The van der Waals surface area contributed by atoms with E-state index in [4.69, 9.17) is 4.42 Å². The number of hydrogen-bond donors (Lipinski definition) is 1. The minimum Gasteiger partial charge on any atom is -0.542 e. The standard InChI is InChI=1S/C15H11NO4.Na/c17-14(9-3-2-6-16-8-9)10-4-1-5-12-11(10)7-13(20-12)15(18)19;/h1-8,14,17H,(H,18,19);/q;+1/p-1. The number of carbonyl (C=O) groups excluding carboxylic acids is 1. The number of carboxylic acids is 1. The van der Waals surface area contributed by atoms with E-state index in [1.807, 2.05) is 0 Å². The summed E-state index contributed by atoms with van der Waals surface area (Å²) in [6.45, 7) is 0. The van der Waals surface area contributed by atoms with Gasteiger partial charge in [-0.25, -0.2) is 0 Å². The fourth-order valence-corrected chi connectivity index (χ4v) is 2.14. The van der Waals surface area contributed by atoms with Crippen LogP contribution in [-0.4, -0.2) is 16.1 Å². The van der Waals surface area contributed by atoms with Crippen molar-refractivity contribution in [2.24, 2.45) is 0 Å². The van der Waals surface area contributed by atoms with Gasteiger partial charge in [0.1, 0.15) is 17.7 Å². The summed E-state index contributed by atoms with van der Waals surface area (Å²) in [4.78, 5) is 14.8. The van der Waals surface area contributed by atoms with Gasteiger partial charge in [-0.15, -0.1) is 0 Å². The molecule has 0 saturated heterocycles. The van der Waals surface area contributed by atoms with Gasteiger partial charge in [-0.05, 0) is 23.8 Å². The van der Waals surface area contributed by atoms with Crippen molar-refractivity contribution in [2.75, 3.05) is 0 Å². The number of hydrogen-bond acceptors (Lipinski definition) is 5. The van der Waals surface area contributed by atoms with E-state index in [0.29, 0.717) is 22.1 Å². The van der Waals surface area contributed by atoms with Crippen molar-refractivity contribution in [2.45, 2.75) is 6.10 Å². The third kappa shape index (κ3) is 3.01. The summed E-state index contributed by atoms with van der Waals surface area (Å²) in [5, 5.41) is 21.8. The molecule has 5 nitrogen and oxygen atoms in total. The predicted molar refractivity (Wildman–Crippen MR) is 68.8 cm³/mol. The number of benzene rings is 1. The van der Waals surface area contributed by atoms with Gasteiger partial charge in [-0.2, -0.15) is 0 Å². The van der Waals surface area contributed by atoms with E-state index < -0.39 is 12.1 Å². The molecule has 1 unspecified atom stereocenters. The van der Waals surface area contributed by atoms with Crippen molar-refractivity contribution in [3.8, 4) is 0 Å². The number of pyridine rings is 1. The third-order valence-corrected chi connectivity index (χ3v) is 3.09. The topological polar surface area (TPSA) is 86.4 Å². The van der Waals surface area contributed by atoms with Gasteiger partial charge >= 0.3 is 29.6 Å². The Kier molecular flexibility index (Phi) is 4.80. The Morgan fingerprint density at radius 3 is 2.76 bits per heavy atom. The largest absolute Gasteiger partial charge is 1.00 e. The summed E-state index contributed by atoms with van der Waals surface area (Å²) in [6.07, 6.45) is 2.27. The number of aliphatic hydroxyl groups is 1. The number of aliphatic hydroxyl groups excluding tert-OH is 1. The molecule has 2 heterocycles. The molecule has 3 aromatic rings. The number of aromatic nitrogens is 1. The fraction of sp³-hybridized carbons (Fsp3) is 0.0667. The van der Waals surface area contributed by atoms with Gasteiger partial charge in [0.05, 0.1) is 0 Å². The zero-order valence-electron chi connectivity index (χ0n) is 11.3. The number of rotatable bonds is 3. The molecule has 0 spiro atoms. The van der Waals surface area contributed by atoms with Crippen molar-refractivity contribution >= 4 is 16.9 Å². The van der Waals surface area contributed by atoms with Crippen LogP contribution in [0.15, 0.2) is 53.2 Å². The predicted octanol–water partition coefficient (Wildman–Crippen LogP) is -1.72. The molecule has 0 saturated carbocycles. The van der Waals surface area contributed by atoms with Crippen molar-refractivity contribution in [3.05, 3.63) is 65.7 Å². The van der Waals surface area contributed by atoms with Crippen molar-refractivity contribution in [3.63, 3.8) is 0 Å². The molecular weight excluding hydrogens is 281 g/mol. The van der Waals surface area contributed by atoms with E-state index >= 15 is 0 Å². The zero-order chi connectivity index (χ0) is 14.1. The van der Waals surface area contributed by atoms with Crippen LogP contribution in [0.4, 0.5) is 0 Å². The molecule has 0 aliphatic heterocycles. The van der Waals surface area contributed by atoms with Crippen molar-refractivity contribution in [1.29, 1.82) is 0 Å². The van der Waals surface area contributed by atoms with Gasteiger partial charge in [-0.1, -0.05) is 18.2 Å². The zero-order valence-corrected chi connectivity index (χ0v) is 13.3. The molecule has 1 N–H and O–H groups in total. The molecule has 6 heteroatoms. The molecule has 0 radical (unpaired) electrons. The normalized spacial score (nSPS) is 11.9. The van der Waals surface area contributed by atoms with Gasteiger partial charge in [0.25, 0.3) is 0 Å². The van der Waals surface area contributed by atoms with Crippen molar-refractivity contribution in [1.82, 2.24) is 4.98 Å². The molecular formula is C15H10NNaO4. The average Bonchev–Trinajstić information content (AvgIpc) is 2.91. The van der Waals surface area contributed by atoms with Gasteiger partial charge in [-0.3, -0.25) is 4.98 Å². The average molecular weight is 291 g/mol. The Labute approximate surface area is 142 Å². The van der Waals surface area contributed by atoms with E-state index in [0.717, 1.165) is 0 Å². The van der Waals surface area contributed by atoms with Crippen LogP contribution in [0.5, 0.6) is 0 Å².